The fourth-order valence-electron chi connectivity index (χ4n) is 3.48. The first kappa shape index (κ1) is 23.0. The highest BCUT2D eigenvalue weighted by molar-refractivity contribution is 9.10. The van der Waals surface area contributed by atoms with Crippen molar-refractivity contribution in [2.24, 2.45) is 0 Å². The summed E-state index contributed by atoms with van der Waals surface area (Å²) in [7, 11) is -4.09. The summed E-state index contributed by atoms with van der Waals surface area (Å²) in [5.74, 6) is -0.477. The quantitative estimate of drug-likeness (QED) is 0.388. The van der Waals surface area contributed by atoms with Gasteiger partial charge in [0.1, 0.15) is 5.03 Å². The summed E-state index contributed by atoms with van der Waals surface area (Å²) < 4.78 is 30.4. The van der Waals surface area contributed by atoms with Crippen molar-refractivity contribution < 1.29 is 13.2 Å². The lowest BCUT2D eigenvalue weighted by atomic mass is 9.86. The van der Waals surface area contributed by atoms with Crippen molar-refractivity contribution in [2.75, 3.05) is 5.32 Å². The van der Waals surface area contributed by atoms with Crippen LogP contribution in [0.25, 0.3) is 0 Å². The fourth-order valence-corrected chi connectivity index (χ4v) is 5.61. The van der Waals surface area contributed by atoms with Gasteiger partial charge in [-0.15, -0.1) is 0 Å². The molecule has 3 aromatic rings. The Morgan fingerprint density at radius 3 is 2.19 bits per heavy atom. The van der Waals surface area contributed by atoms with E-state index in [9.17, 15) is 13.2 Å². The molecule has 0 aromatic heterocycles. The molecule has 1 aliphatic rings. The third-order valence-corrected chi connectivity index (χ3v) is 8.02. The van der Waals surface area contributed by atoms with Crippen LogP contribution in [0.2, 0.25) is 0 Å². The molecule has 1 aliphatic carbocycles. The van der Waals surface area contributed by atoms with Crippen LogP contribution in [0.3, 0.4) is 0 Å². The number of carbonyl (C=O) groups is 1. The lowest BCUT2D eigenvalue weighted by Crippen LogP contribution is -2.54. The Balaban J connectivity index is 1.94. The Morgan fingerprint density at radius 2 is 1.53 bits per heavy atom. The molecule has 0 radical (unpaired) electrons. The van der Waals surface area contributed by atoms with Gasteiger partial charge in [0.2, 0.25) is 15.8 Å². The Morgan fingerprint density at radius 1 is 0.906 bits per heavy atom. The molecule has 4 rings (SSSR count). The maximum atomic E-state index is 13.4. The van der Waals surface area contributed by atoms with Crippen molar-refractivity contribution in [1.29, 1.82) is 0 Å². The third-order valence-electron chi connectivity index (χ3n) is 5.09. The topological polar surface area (TPSA) is 75.3 Å². The monoisotopic (exact) mass is 550 g/mol. The Labute approximate surface area is 204 Å². The van der Waals surface area contributed by atoms with Crippen LogP contribution < -0.4 is 10.0 Å². The first-order valence-electron chi connectivity index (χ1n) is 9.48. The zero-order chi connectivity index (χ0) is 23.1. The number of fused-ring (bicyclic) bond motifs is 1. The van der Waals surface area contributed by atoms with Crippen LogP contribution in [-0.4, -0.2) is 14.2 Å². The third kappa shape index (κ3) is 4.11. The zero-order valence-corrected chi connectivity index (χ0v) is 20.6. The predicted molar refractivity (Wildman–Crippen MR) is 130 cm³/mol. The van der Waals surface area contributed by atoms with Crippen LogP contribution in [-0.2, 0) is 15.7 Å². The highest BCUT2D eigenvalue weighted by Gasteiger charge is 2.48. The highest BCUT2D eigenvalue weighted by atomic mass is 79.9. The smallest absolute Gasteiger partial charge is 0.243 e. The lowest BCUT2D eigenvalue weighted by Gasteiger charge is -2.40. The number of anilines is 1. The van der Waals surface area contributed by atoms with Gasteiger partial charge in [-0.05, 0) is 43.3 Å². The number of allylic oxidation sites excluding steroid dienone is 1. The van der Waals surface area contributed by atoms with Crippen LogP contribution >= 0.6 is 39.1 Å². The number of carbonyl (C=O) groups excluding carboxylic acids is 1. The van der Waals surface area contributed by atoms with Crippen LogP contribution in [0.15, 0.2) is 92.2 Å². The number of ketones is 1. The van der Waals surface area contributed by atoms with Crippen molar-refractivity contribution in [3.8, 4) is 0 Å². The Kier molecular flexibility index (Phi) is 6.22. The summed E-state index contributed by atoms with van der Waals surface area (Å²) >= 11 is 16.4. The average molecular weight is 552 g/mol. The molecule has 0 fully saturated rings. The summed E-state index contributed by atoms with van der Waals surface area (Å²) in [5.41, 5.74) is 0.365. The van der Waals surface area contributed by atoms with Gasteiger partial charge in [0.05, 0.1) is 9.93 Å². The molecule has 32 heavy (non-hydrogen) atoms. The molecule has 0 heterocycles. The van der Waals surface area contributed by atoms with Gasteiger partial charge in [0.25, 0.3) is 0 Å². The van der Waals surface area contributed by atoms with E-state index in [1.54, 1.807) is 60.7 Å². The normalized spacial score (nSPS) is 18.4. The van der Waals surface area contributed by atoms with Gasteiger partial charge in [-0.2, -0.15) is 4.72 Å². The standard InChI is InChI=1S/C23H17BrCl2N2O3S/c1-14-6-12-17(13-7-14)32(30,31)28-23(27-16-10-8-15(24)9-11-16)19-5-3-2-4-18(19)21(29)20(25)22(23)26/h2-13,27-28H,1H3. The second-order valence-electron chi connectivity index (χ2n) is 7.30. The van der Waals surface area contributed by atoms with E-state index >= 15 is 0 Å². The van der Waals surface area contributed by atoms with Crippen LogP contribution in [0.1, 0.15) is 21.5 Å². The van der Waals surface area contributed by atoms with E-state index < -0.39 is 21.5 Å². The van der Waals surface area contributed by atoms with Gasteiger partial charge in [0.15, 0.2) is 5.66 Å². The molecule has 0 spiro atoms. The van der Waals surface area contributed by atoms with E-state index in [1.807, 2.05) is 6.92 Å². The van der Waals surface area contributed by atoms with Gasteiger partial charge in [-0.1, -0.05) is 81.1 Å². The number of nitrogens with one attached hydrogen (secondary N) is 2. The lowest BCUT2D eigenvalue weighted by molar-refractivity contribution is 0.103. The Hall–Kier alpha value is -2.16. The maximum Gasteiger partial charge on any atom is 0.243 e. The van der Waals surface area contributed by atoms with E-state index in [4.69, 9.17) is 23.2 Å². The van der Waals surface area contributed by atoms with E-state index in [1.165, 1.54) is 12.1 Å². The number of hydrogen-bond acceptors (Lipinski definition) is 4. The van der Waals surface area contributed by atoms with Crippen molar-refractivity contribution in [3.63, 3.8) is 0 Å². The number of halogens is 3. The molecule has 1 unspecified atom stereocenters. The molecule has 164 valence electrons. The summed E-state index contributed by atoms with van der Waals surface area (Å²) in [6, 6.07) is 20.1. The second kappa shape index (κ2) is 8.65. The first-order chi connectivity index (χ1) is 15.1. The van der Waals surface area contributed by atoms with Gasteiger partial charge in [0, 0.05) is 21.3 Å². The highest BCUT2D eigenvalue weighted by Crippen LogP contribution is 2.44. The molecular formula is C23H17BrCl2N2O3S. The molecule has 0 saturated heterocycles. The number of Topliss-reactive ketones (excluding diaryl/α,β-unsaturated/α-hetero) is 1. The maximum absolute atomic E-state index is 13.4. The van der Waals surface area contributed by atoms with E-state index in [-0.39, 0.29) is 20.5 Å². The Bertz CT molecular complexity index is 1340. The largest absolute Gasteiger partial charge is 0.358 e. The van der Waals surface area contributed by atoms with Gasteiger partial charge >= 0.3 is 0 Å². The number of aryl methyl sites for hydroxylation is 1. The van der Waals surface area contributed by atoms with Gasteiger partial charge in [-0.3, -0.25) is 4.79 Å². The molecule has 3 aromatic carbocycles. The number of sulfonamides is 1. The molecule has 0 bridgehead atoms. The van der Waals surface area contributed by atoms with Crippen LogP contribution in [0, 0.1) is 6.92 Å². The van der Waals surface area contributed by atoms with Gasteiger partial charge < -0.3 is 5.32 Å². The number of hydrogen-bond donors (Lipinski definition) is 2. The minimum Gasteiger partial charge on any atom is -0.358 e. The van der Waals surface area contributed by atoms with E-state index in [0.717, 1.165) is 10.0 Å². The molecule has 0 aliphatic heterocycles. The molecule has 9 heteroatoms. The molecule has 5 nitrogen and oxygen atoms in total. The van der Waals surface area contributed by atoms with Crippen LogP contribution in [0.5, 0.6) is 0 Å². The predicted octanol–water partition coefficient (Wildman–Crippen LogP) is 5.89. The fraction of sp³-hybridized carbons (Fsp3) is 0.0870. The van der Waals surface area contributed by atoms with E-state index in [0.29, 0.717) is 11.3 Å². The minimum atomic E-state index is -4.09. The summed E-state index contributed by atoms with van der Waals surface area (Å²) in [4.78, 5) is 12.9. The summed E-state index contributed by atoms with van der Waals surface area (Å²) in [5, 5.41) is 2.75. The molecule has 0 amide bonds. The van der Waals surface area contributed by atoms with Crippen molar-refractivity contribution in [3.05, 3.63) is 104 Å². The number of rotatable bonds is 5. The molecule has 2 N–H and O–H groups in total. The summed E-state index contributed by atoms with van der Waals surface area (Å²) in [6.45, 7) is 1.86. The van der Waals surface area contributed by atoms with Gasteiger partial charge in [-0.25, -0.2) is 8.42 Å². The second-order valence-corrected chi connectivity index (χ2v) is 10.7. The average Bonchev–Trinajstić information content (AvgIpc) is 2.78. The number of benzene rings is 3. The summed E-state index contributed by atoms with van der Waals surface area (Å²) in [6.07, 6.45) is 0. The minimum absolute atomic E-state index is 0.0510. The van der Waals surface area contributed by atoms with Crippen molar-refractivity contribution >= 4 is 60.6 Å². The zero-order valence-electron chi connectivity index (χ0n) is 16.7. The first-order valence-corrected chi connectivity index (χ1v) is 12.5. The van der Waals surface area contributed by atoms with Crippen LogP contribution in [0.4, 0.5) is 5.69 Å². The SMILES string of the molecule is Cc1ccc(S(=O)(=O)NC2(Nc3ccc(Br)cc3)C(Cl)=C(Cl)C(=O)c3ccccc32)cc1. The van der Waals surface area contributed by atoms with E-state index in [2.05, 4.69) is 26.0 Å². The molecule has 1 atom stereocenters. The molecule has 0 saturated carbocycles. The molecular weight excluding hydrogens is 535 g/mol. The van der Waals surface area contributed by atoms with Crippen molar-refractivity contribution in [2.45, 2.75) is 17.5 Å². The van der Waals surface area contributed by atoms with Crippen molar-refractivity contribution in [1.82, 2.24) is 4.72 Å².